The minimum atomic E-state index is 0.242. The number of phenols is 1. The molecule has 0 amide bonds. The number of hydrogen-bond donors (Lipinski definition) is 3. The molecule has 186 valence electrons. The van der Waals surface area contributed by atoms with Crippen LogP contribution in [0.15, 0.2) is 75.7 Å². The molecule has 1 aliphatic heterocycles. The van der Waals surface area contributed by atoms with Crippen LogP contribution in [0.25, 0.3) is 0 Å². The summed E-state index contributed by atoms with van der Waals surface area (Å²) in [5.74, 6) is 1.94. The number of piperazine rings is 1. The summed E-state index contributed by atoms with van der Waals surface area (Å²) in [4.78, 5) is 2.61. The zero-order valence-electron chi connectivity index (χ0n) is 19.8. The normalized spacial score (nSPS) is 18.5. The van der Waals surface area contributed by atoms with Crippen LogP contribution in [0, 0.1) is 0 Å². The van der Waals surface area contributed by atoms with E-state index in [1.165, 1.54) is 11.1 Å². The number of ether oxygens (including phenoxy) is 1. The van der Waals surface area contributed by atoms with Crippen LogP contribution < -0.4 is 15.8 Å². The van der Waals surface area contributed by atoms with Crippen molar-refractivity contribution in [2.75, 3.05) is 19.6 Å². The first kappa shape index (κ1) is 26.2. The molecule has 1 saturated heterocycles. The topological polar surface area (TPSA) is 70.8 Å². The summed E-state index contributed by atoms with van der Waals surface area (Å²) < 4.78 is 7.39. The quantitative estimate of drug-likeness (QED) is 0.240. The molecule has 4 N–H and O–H groups in total. The maximum Gasteiger partial charge on any atom is 0.143 e. The summed E-state index contributed by atoms with van der Waals surface area (Å²) in [7, 11) is 0. The van der Waals surface area contributed by atoms with E-state index in [4.69, 9.17) is 10.5 Å². The second-order valence-electron chi connectivity index (χ2n) is 9.14. The Morgan fingerprint density at radius 3 is 2.31 bits per heavy atom. The number of nitrogens with zero attached hydrogens (tertiary/aromatic N) is 1. The molecule has 4 rings (SSSR count). The molecule has 0 aliphatic carbocycles. The van der Waals surface area contributed by atoms with Gasteiger partial charge < -0.3 is 20.9 Å². The van der Waals surface area contributed by atoms with Gasteiger partial charge in [0.1, 0.15) is 17.2 Å². The van der Waals surface area contributed by atoms with Crippen LogP contribution >= 0.6 is 31.9 Å². The van der Waals surface area contributed by atoms with E-state index in [-0.39, 0.29) is 5.75 Å². The van der Waals surface area contributed by atoms with Crippen molar-refractivity contribution < 1.29 is 9.84 Å². The van der Waals surface area contributed by atoms with E-state index in [9.17, 15) is 5.11 Å². The van der Waals surface area contributed by atoms with Crippen molar-refractivity contribution in [3.8, 4) is 17.2 Å². The second-order valence-corrected chi connectivity index (χ2v) is 10.9. The first-order valence-corrected chi connectivity index (χ1v) is 13.8. The van der Waals surface area contributed by atoms with Gasteiger partial charge in [-0.2, -0.15) is 0 Å². The molecule has 1 aliphatic rings. The molecular formula is C28H33Br2N3O2. The highest BCUT2D eigenvalue weighted by molar-refractivity contribution is 9.11. The Bertz CT molecular complexity index is 1060. The lowest BCUT2D eigenvalue weighted by atomic mass is 9.98. The lowest BCUT2D eigenvalue weighted by molar-refractivity contribution is 0.113. The van der Waals surface area contributed by atoms with Gasteiger partial charge in [-0.3, -0.25) is 4.90 Å². The summed E-state index contributed by atoms with van der Waals surface area (Å²) in [5.41, 5.74) is 8.21. The number of phenolic OH excluding ortho intramolecular Hbond substituents is 1. The highest BCUT2D eigenvalue weighted by atomic mass is 79.9. The Kier molecular flexibility index (Phi) is 9.63. The Hall–Kier alpha value is -1.90. The lowest BCUT2D eigenvalue weighted by Crippen LogP contribution is -2.56. The van der Waals surface area contributed by atoms with Gasteiger partial charge in [-0.25, -0.2) is 0 Å². The smallest absolute Gasteiger partial charge is 0.143 e. The molecule has 0 spiro atoms. The van der Waals surface area contributed by atoms with Crippen LogP contribution in [-0.2, 0) is 13.0 Å². The number of hydrogen-bond acceptors (Lipinski definition) is 5. The van der Waals surface area contributed by atoms with Crippen molar-refractivity contribution in [1.82, 2.24) is 10.2 Å². The first-order valence-electron chi connectivity index (χ1n) is 12.2. The van der Waals surface area contributed by atoms with Crippen LogP contribution in [0.4, 0.5) is 0 Å². The van der Waals surface area contributed by atoms with E-state index in [2.05, 4.69) is 66.3 Å². The minimum Gasteiger partial charge on any atom is -0.506 e. The fraction of sp³-hybridized carbons (Fsp3) is 0.357. The summed E-state index contributed by atoms with van der Waals surface area (Å²) in [6.07, 6.45) is 4.25. The molecule has 0 bridgehead atoms. The van der Waals surface area contributed by atoms with Crippen molar-refractivity contribution in [1.29, 1.82) is 0 Å². The number of aromatic hydroxyl groups is 1. The third-order valence-electron chi connectivity index (χ3n) is 6.45. The lowest BCUT2D eigenvalue weighted by Gasteiger charge is -2.41. The number of unbranched alkanes of at least 4 members (excludes halogenated alkanes) is 1. The zero-order chi connectivity index (χ0) is 24.6. The van der Waals surface area contributed by atoms with Gasteiger partial charge in [-0.05, 0) is 105 Å². The highest BCUT2D eigenvalue weighted by Gasteiger charge is 2.28. The van der Waals surface area contributed by atoms with Crippen LogP contribution in [0.1, 0.15) is 30.4 Å². The van der Waals surface area contributed by atoms with Gasteiger partial charge in [0.25, 0.3) is 0 Å². The molecule has 35 heavy (non-hydrogen) atoms. The average molecular weight is 603 g/mol. The number of nitrogens with two attached hydrogens (primary N) is 1. The van der Waals surface area contributed by atoms with Gasteiger partial charge in [-0.1, -0.05) is 36.8 Å². The Labute approximate surface area is 224 Å². The molecule has 3 aromatic carbocycles. The van der Waals surface area contributed by atoms with Gasteiger partial charge in [0.05, 0.1) is 8.95 Å². The van der Waals surface area contributed by atoms with E-state index in [1.54, 1.807) is 0 Å². The molecule has 5 nitrogen and oxygen atoms in total. The molecule has 1 heterocycles. The maximum atomic E-state index is 10.0. The Balaban J connectivity index is 1.42. The van der Waals surface area contributed by atoms with Gasteiger partial charge in [0.15, 0.2) is 0 Å². The molecule has 3 aromatic rings. The van der Waals surface area contributed by atoms with Crippen molar-refractivity contribution in [2.24, 2.45) is 5.73 Å². The van der Waals surface area contributed by atoms with E-state index in [1.807, 2.05) is 42.5 Å². The molecule has 0 saturated carbocycles. The number of para-hydroxylation sites is 1. The summed E-state index contributed by atoms with van der Waals surface area (Å²) >= 11 is 6.92. The molecule has 0 aromatic heterocycles. The molecule has 0 radical (unpaired) electrons. The Morgan fingerprint density at radius 2 is 1.63 bits per heavy atom. The number of benzene rings is 3. The molecule has 7 heteroatoms. The summed E-state index contributed by atoms with van der Waals surface area (Å²) in [5, 5.41) is 13.8. The predicted octanol–water partition coefficient (Wildman–Crippen LogP) is 6.22. The largest absolute Gasteiger partial charge is 0.506 e. The van der Waals surface area contributed by atoms with Gasteiger partial charge >= 0.3 is 0 Å². The van der Waals surface area contributed by atoms with Gasteiger partial charge in [0, 0.05) is 31.7 Å². The third-order valence-corrected chi connectivity index (χ3v) is 7.66. The summed E-state index contributed by atoms with van der Waals surface area (Å²) in [6.45, 7) is 3.58. The van der Waals surface area contributed by atoms with E-state index >= 15 is 0 Å². The van der Waals surface area contributed by atoms with Gasteiger partial charge in [0.2, 0.25) is 0 Å². The fourth-order valence-electron chi connectivity index (χ4n) is 4.61. The first-order chi connectivity index (χ1) is 17.0. The molecule has 0 unspecified atom stereocenters. The molecule has 1 fully saturated rings. The van der Waals surface area contributed by atoms with E-state index < -0.39 is 0 Å². The second kappa shape index (κ2) is 12.9. The highest BCUT2D eigenvalue weighted by Crippen LogP contribution is 2.34. The van der Waals surface area contributed by atoms with Crippen molar-refractivity contribution in [2.45, 2.75) is 44.3 Å². The van der Waals surface area contributed by atoms with Crippen LogP contribution in [-0.4, -0.2) is 41.7 Å². The van der Waals surface area contributed by atoms with Crippen molar-refractivity contribution >= 4 is 31.9 Å². The number of nitrogens with one attached hydrogen (secondary N) is 1. The maximum absolute atomic E-state index is 10.0. The zero-order valence-corrected chi connectivity index (χ0v) is 23.0. The standard InChI is InChI=1S/C28H33Br2N3O2/c29-26-15-21(16-27(30)28(26)34)14-22-19-33(23(17-32-22)6-4-5-13-31)18-20-9-11-25(12-10-20)35-24-7-2-1-3-8-24/h1-3,7-12,15-16,22-23,32,34H,4-6,13-14,17-19,31H2/t22-,23-/m0/s1. The molecular weight excluding hydrogens is 570 g/mol. The van der Waals surface area contributed by atoms with Crippen LogP contribution in [0.5, 0.6) is 17.2 Å². The minimum absolute atomic E-state index is 0.242. The number of halogens is 2. The van der Waals surface area contributed by atoms with Crippen molar-refractivity contribution in [3.05, 3.63) is 86.8 Å². The third kappa shape index (κ3) is 7.54. The Morgan fingerprint density at radius 1 is 0.943 bits per heavy atom. The average Bonchev–Trinajstić information content (AvgIpc) is 2.86. The van der Waals surface area contributed by atoms with Crippen LogP contribution in [0.2, 0.25) is 0 Å². The number of rotatable bonds is 10. The van der Waals surface area contributed by atoms with Crippen molar-refractivity contribution in [3.63, 3.8) is 0 Å². The molecule has 2 atom stereocenters. The monoisotopic (exact) mass is 601 g/mol. The fourth-order valence-corrected chi connectivity index (χ4v) is 5.89. The van der Waals surface area contributed by atoms with E-state index in [0.717, 1.165) is 63.4 Å². The summed E-state index contributed by atoms with van der Waals surface area (Å²) in [6, 6.07) is 23.1. The SMILES string of the molecule is NCCCC[C@H]1CN[C@@H](Cc2cc(Br)c(O)c(Br)c2)CN1Cc1ccc(Oc2ccccc2)cc1. The van der Waals surface area contributed by atoms with E-state index in [0.29, 0.717) is 21.0 Å². The van der Waals surface area contributed by atoms with Gasteiger partial charge in [-0.15, -0.1) is 0 Å². The predicted molar refractivity (Wildman–Crippen MR) is 149 cm³/mol. The van der Waals surface area contributed by atoms with Crippen LogP contribution in [0.3, 0.4) is 0 Å².